The molecule has 0 aliphatic carbocycles. The number of pyridine rings is 1. The summed E-state index contributed by atoms with van der Waals surface area (Å²) in [5.41, 5.74) is -0.304. The first-order valence-electron chi connectivity index (χ1n) is 4.88. The third-order valence-electron chi connectivity index (χ3n) is 2.00. The lowest BCUT2D eigenvalue weighted by Gasteiger charge is -2.20. The molecule has 7 heteroatoms. The van der Waals surface area contributed by atoms with Crippen molar-refractivity contribution in [2.24, 2.45) is 0 Å². The molecule has 1 aromatic heterocycles. The Morgan fingerprint density at radius 1 is 1.53 bits per heavy atom. The summed E-state index contributed by atoms with van der Waals surface area (Å²) in [7, 11) is 0. The zero-order valence-electron chi connectivity index (χ0n) is 8.88. The van der Waals surface area contributed by atoms with E-state index in [9.17, 15) is 18.7 Å². The molecule has 0 aliphatic rings. The minimum atomic E-state index is -2.71. The maximum atomic E-state index is 12.2. The standard InChI is InChI=1S/C10H12F2N2O3/c11-8(12)6-14(4-5-15)10(17)9-7(16)2-1-3-13-9/h1-3,8,15-16H,4-6H2. The van der Waals surface area contributed by atoms with Gasteiger partial charge in [-0.25, -0.2) is 13.8 Å². The highest BCUT2D eigenvalue weighted by molar-refractivity contribution is 5.94. The molecule has 0 bridgehead atoms. The molecule has 94 valence electrons. The number of halogens is 2. The Balaban J connectivity index is 2.88. The Morgan fingerprint density at radius 2 is 2.24 bits per heavy atom. The number of hydrogen-bond donors (Lipinski definition) is 2. The van der Waals surface area contributed by atoms with E-state index >= 15 is 0 Å². The monoisotopic (exact) mass is 246 g/mol. The molecular formula is C10H12F2N2O3. The molecule has 0 unspecified atom stereocenters. The predicted molar refractivity (Wildman–Crippen MR) is 54.9 cm³/mol. The second-order valence-corrected chi connectivity index (χ2v) is 3.24. The van der Waals surface area contributed by atoms with Crippen molar-refractivity contribution in [1.29, 1.82) is 0 Å². The number of amides is 1. The van der Waals surface area contributed by atoms with Crippen molar-refractivity contribution in [1.82, 2.24) is 9.88 Å². The van der Waals surface area contributed by atoms with Crippen LogP contribution in [0.25, 0.3) is 0 Å². The number of hydrogen-bond acceptors (Lipinski definition) is 4. The summed E-state index contributed by atoms with van der Waals surface area (Å²) < 4.78 is 24.5. The number of aromatic hydroxyl groups is 1. The summed E-state index contributed by atoms with van der Waals surface area (Å²) >= 11 is 0. The highest BCUT2D eigenvalue weighted by atomic mass is 19.3. The van der Waals surface area contributed by atoms with Crippen LogP contribution in [0.4, 0.5) is 8.78 Å². The molecule has 0 saturated carbocycles. The maximum absolute atomic E-state index is 12.2. The molecule has 0 spiro atoms. The Kier molecular flexibility index (Phi) is 4.77. The normalized spacial score (nSPS) is 10.6. The number of nitrogens with zero attached hydrogens (tertiary/aromatic N) is 2. The van der Waals surface area contributed by atoms with Gasteiger partial charge >= 0.3 is 0 Å². The minimum Gasteiger partial charge on any atom is -0.505 e. The summed E-state index contributed by atoms with van der Waals surface area (Å²) in [6.07, 6.45) is -1.44. The van der Waals surface area contributed by atoms with Gasteiger partial charge in [0, 0.05) is 12.7 Å². The van der Waals surface area contributed by atoms with Gasteiger partial charge in [-0.3, -0.25) is 4.79 Å². The molecule has 0 fully saturated rings. The fourth-order valence-electron chi connectivity index (χ4n) is 1.27. The molecular weight excluding hydrogens is 234 g/mol. The van der Waals surface area contributed by atoms with Crippen LogP contribution in [0.1, 0.15) is 10.5 Å². The molecule has 17 heavy (non-hydrogen) atoms. The van der Waals surface area contributed by atoms with E-state index in [0.29, 0.717) is 0 Å². The van der Waals surface area contributed by atoms with Crippen LogP contribution in [0, 0.1) is 0 Å². The summed E-state index contributed by atoms with van der Waals surface area (Å²) in [4.78, 5) is 16.1. The minimum absolute atomic E-state index is 0.237. The lowest BCUT2D eigenvalue weighted by atomic mass is 10.3. The molecule has 1 aromatic rings. The fourth-order valence-corrected chi connectivity index (χ4v) is 1.27. The summed E-state index contributed by atoms with van der Waals surface area (Å²) in [5, 5.41) is 18.1. The second-order valence-electron chi connectivity index (χ2n) is 3.24. The Bertz CT molecular complexity index is 388. The van der Waals surface area contributed by atoms with Gasteiger partial charge in [-0.15, -0.1) is 0 Å². The molecule has 0 aliphatic heterocycles. The fraction of sp³-hybridized carbons (Fsp3) is 0.400. The van der Waals surface area contributed by atoms with E-state index < -0.39 is 25.5 Å². The summed E-state index contributed by atoms with van der Waals surface area (Å²) in [6.45, 7) is -1.49. The van der Waals surface area contributed by atoms with E-state index in [4.69, 9.17) is 5.11 Å². The van der Waals surface area contributed by atoms with Crippen LogP contribution >= 0.6 is 0 Å². The molecule has 0 saturated heterocycles. The zero-order valence-corrected chi connectivity index (χ0v) is 8.88. The largest absolute Gasteiger partial charge is 0.505 e. The second kappa shape index (κ2) is 6.09. The van der Waals surface area contributed by atoms with Gasteiger partial charge in [0.1, 0.15) is 5.75 Å². The van der Waals surface area contributed by atoms with Gasteiger partial charge < -0.3 is 15.1 Å². The van der Waals surface area contributed by atoms with E-state index in [1.807, 2.05) is 0 Å². The first-order valence-corrected chi connectivity index (χ1v) is 4.88. The Labute approximate surface area is 96.3 Å². The predicted octanol–water partition coefficient (Wildman–Crippen LogP) is 0.487. The smallest absolute Gasteiger partial charge is 0.276 e. The highest BCUT2D eigenvalue weighted by Crippen LogP contribution is 2.15. The first kappa shape index (κ1) is 13.3. The van der Waals surface area contributed by atoms with Gasteiger partial charge in [-0.05, 0) is 12.1 Å². The van der Waals surface area contributed by atoms with Crippen LogP contribution in [0.15, 0.2) is 18.3 Å². The molecule has 1 amide bonds. The molecule has 1 heterocycles. The van der Waals surface area contributed by atoms with Crippen molar-refractivity contribution in [3.8, 4) is 5.75 Å². The van der Waals surface area contributed by atoms with Gasteiger partial charge in [0.25, 0.3) is 12.3 Å². The number of aromatic nitrogens is 1. The van der Waals surface area contributed by atoms with Crippen molar-refractivity contribution in [3.05, 3.63) is 24.0 Å². The lowest BCUT2D eigenvalue weighted by Crippen LogP contribution is -2.37. The average molecular weight is 246 g/mol. The molecule has 5 nitrogen and oxygen atoms in total. The summed E-state index contributed by atoms with van der Waals surface area (Å²) in [6, 6.07) is 2.65. The Hall–Kier alpha value is -1.76. The number of alkyl halides is 2. The third kappa shape index (κ3) is 3.63. The van der Waals surface area contributed by atoms with E-state index in [1.165, 1.54) is 18.3 Å². The van der Waals surface area contributed by atoms with Gasteiger partial charge in [0.15, 0.2) is 5.69 Å². The van der Waals surface area contributed by atoms with Crippen LogP contribution in [-0.2, 0) is 0 Å². The third-order valence-corrected chi connectivity index (χ3v) is 2.00. The molecule has 2 N–H and O–H groups in total. The number of carbonyl (C=O) groups excluding carboxylic acids is 1. The van der Waals surface area contributed by atoms with E-state index in [0.717, 1.165) is 4.90 Å². The quantitative estimate of drug-likeness (QED) is 0.792. The van der Waals surface area contributed by atoms with Crippen LogP contribution in [-0.4, -0.2) is 52.1 Å². The summed E-state index contributed by atoms with van der Waals surface area (Å²) in [5.74, 6) is -1.22. The van der Waals surface area contributed by atoms with Crippen molar-refractivity contribution >= 4 is 5.91 Å². The topological polar surface area (TPSA) is 73.7 Å². The van der Waals surface area contributed by atoms with Crippen LogP contribution in [0.2, 0.25) is 0 Å². The van der Waals surface area contributed by atoms with Crippen LogP contribution < -0.4 is 0 Å². The first-order chi connectivity index (χ1) is 8.06. The molecule has 0 aromatic carbocycles. The lowest BCUT2D eigenvalue weighted by molar-refractivity contribution is 0.0501. The van der Waals surface area contributed by atoms with Crippen molar-refractivity contribution in [2.45, 2.75) is 6.43 Å². The molecule has 0 radical (unpaired) electrons. The maximum Gasteiger partial charge on any atom is 0.276 e. The van der Waals surface area contributed by atoms with Crippen LogP contribution in [0.5, 0.6) is 5.75 Å². The van der Waals surface area contributed by atoms with Crippen molar-refractivity contribution in [2.75, 3.05) is 19.7 Å². The molecule has 1 rings (SSSR count). The van der Waals surface area contributed by atoms with Gasteiger partial charge in [-0.2, -0.15) is 0 Å². The van der Waals surface area contributed by atoms with E-state index in [2.05, 4.69) is 4.98 Å². The number of carbonyl (C=O) groups is 1. The zero-order chi connectivity index (χ0) is 12.8. The van der Waals surface area contributed by atoms with Gasteiger partial charge in [0.05, 0.1) is 13.2 Å². The van der Waals surface area contributed by atoms with E-state index in [-0.39, 0.29) is 18.0 Å². The number of aliphatic hydroxyl groups is 1. The molecule has 0 atom stereocenters. The number of aliphatic hydroxyl groups excluding tert-OH is 1. The van der Waals surface area contributed by atoms with Crippen LogP contribution in [0.3, 0.4) is 0 Å². The average Bonchev–Trinajstić information content (AvgIpc) is 2.28. The van der Waals surface area contributed by atoms with E-state index in [1.54, 1.807) is 0 Å². The SMILES string of the molecule is O=C(c1ncccc1O)N(CCO)CC(F)F. The van der Waals surface area contributed by atoms with Crippen molar-refractivity contribution < 1.29 is 23.8 Å². The highest BCUT2D eigenvalue weighted by Gasteiger charge is 2.22. The van der Waals surface area contributed by atoms with Crippen molar-refractivity contribution in [3.63, 3.8) is 0 Å². The Morgan fingerprint density at radius 3 is 2.76 bits per heavy atom. The van der Waals surface area contributed by atoms with Gasteiger partial charge in [-0.1, -0.05) is 0 Å². The van der Waals surface area contributed by atoms with Gasteiger partial charge in [0.2, 0.25) is 0 Å². The number of rotatable bonds is 5.